The maximum Gasteiger partial charge on any atom is 0.412 e. The first-order chi connectivity index (χ1) is 10.3. The third kappa shape index (κ3) is 4.37. The third-order valence-corrected chi connectivity index (χ3v) is 3.86. The fourth-order valence-corrected chi connectivity index (χ4v) is 2.41. The van der Waals surface area contributed by atoms with E-state index in [-0.39, 0.29) is 5.54 Å². The number of methoxy groups -OCH3 is 1. The fraction of sp³-hybridized carbons (Fsp3) is 0.588. The van der Waals surface area contributed by atoms with Gasteiger partial charge in [-0.05, 0) is 70.8 Å². The van der Waals surface area contributed by atoms with Gasteiger partial charge < -0.3 is 14.8 Å². The number of nitrogens with one attached hydrogen (secondary N) is 2. The standard InChI is InChI=1S/C17H26N2O3/c1-16(2,3)22-15(20)19-14-7-6-13(21-5)10-12(14)11-17(18-4)8-9-17/h6-7,10,18H,8-9,11H2,1-5H3,(H,19,20). The topological polar surface area (TPSA) is 59.6 Å². The normalized spacial score (nSPS) is 16.0. The lowest BCUT2D eigenvalue weighted by atomic mass is 10.0. The van der Waals surface area contributed by atoms with E-state index in [1.807, 2.05) is 46.0 Å². The van der Waals surface area contributed by atoms with Crippen LogP contribution in [0.3, 0.4) is 0 Å². The number of amides is 1. The molecule has 0 atom stereocenters. The monoisotopic (exact) mass is 306 g/mol. The van der Waals surface area contributed by atoms with Crippen LogP contribution < -0.4 is 15.4 Å². The van der Waals surface area contributed by atoms with E-state index in [1.54, 1.807) is 7.11 Å². The summed E-state index contributed by atoms with van der Waals surface area (Å²) in [6, 6.07) is 5.68. The van der Waals surface area contributed by atoms with E-state index in [0.717, 1.165) is 36.3 Å². The van der Waals surface area contributed by atoms with Crippen molar-refractivity contribution in [3.63, 3.8) is 0 Å². The maximum absolute atomic E-state index is 12.0. The van der Waals surface area contributed by atoms with Crippen LogP contribution in [0.15, 0.2) is 18.2 Å². The molecule has 0 bridgehead atoms. The predicted octanol–water partition coefficient (Wildman–Crippen LogP) is 3.34. The van der Waals surface area contributed by atoms with Gasteiger partial charge in [0.25, 0.3) is 0 Å². The lowest BCUT2D eigenvalue weighted by Gasteiger charge is -2.22. The quantitative estimate of drug-likeness (QED) is 0.876. The fourth-order valence-electron chi connectivity index (χ4n) is 2.41. The Kier molecular flexibility index (Phi) is 4.66. The highest BCUT2D eigenvalue weighted by atomic mass is 16.6. The number of rotatable bonds is 5. The maximum atomic E-state index is 12.0. The first-order valence-corrected chi connectivity index (χ1v) is 7.63. The van der Waals surface area contributed by atoms with Crippen LogP contribution in [0.1, 0.15) is 39.2 Å². The van der Waals surface area contributed by atoms with Crippen LogP contribution in [0.2, 0.25) is 0 Å². The molecule has 2 N–H and O–H groups in total. The summed E-state index contributed by atoms with van der Waals surface area (Å²) in [7, 11) is 3.62. The predicted molar refractivity (Wildman–Crippen MR) is 87.6 cm³/mol. The number of benzene rings is 1. The van der Waals surface area contributed by atoms with E-state index in [1.165, 1.54) is 0 Å². The van der Waals surface area contributed by atoms with Gasteiger partial charge in [0.1, 0.15) is 11.4 Å². The molecular weight excluding hydrogens is 280 g/mol. The summed E-state index contributed by atoms with van der Waals surface area (Å²) in [6.45, 7) is 5.55. The second kappa shape index (κ2) is 6.16. The van der Waals surface area contributed by atoms with E-state index in [4.69, 9.17) is 9.47 Å². The Bertz CT molecular complexity index is 545. The van der Waals surface area contributed by atoms with Crippen LogP contribution in [0.5, 0.6) is 5.75 Å². The second-order valence-corrected chi connectivity index (χ2v) is 6.86. The third-order valence-electron chi connectivity index (χ3n) is 3.86. The molecule has 0 saturated heterocycles. The molecule has 0 aromatic heterocycles. The minimum atomic E-state index is -0.514. The van der Waals surface area contributed by atoms with Gasteiger partial charge in [0.15, 0.2) is 0 Å². The van der Waals surface area contributed by atoms with Gasteiger partial charge in [-0.1, -0.05) is 0 Å². The zero-order valence-electron chi connectivity index (χ0n) is 14.1. The Morgan fingerprint density at radius 2 is 2.00 bits per heavy atom. The molecule has 1 amide bonds. The first kappa shape index (κ1) is 16.6. The number of carbonyl (C=O) groups excluding carboxylic acids is 1. The van der Waals surface area contributed by atoms with Crippen molar-refractivity contribution in [2.45, 2.75) is 51.2 Å². The van der Waals surface area contributed by atoms with E-state index in [0.29, 0.717) is 0 Å². The van der Waals surface area contributed by atoms with Gasteiger partial charge in [0, 0.05) is 11.2 Å². The minimum Gasteiger partial charge on any atom is -0.497 e. The SMILES string of the molecule is CNC1(Cc2cc(OC)ccc2NC(=O)OC(C)(C)C)CC1. The van der Waals surface area contributed by atoms with Crippen molar-refractivity contribution in [1.29, 1.82) is 0 Å². The Balaban J connectivity index is 2.17. The van der Waals surface area contributed by atoms with E-state index < -0.39 is 11.7 Å². The molecule has 0 spiro atoms. The number of ether oxygens (including phenoxy) is 2. The van der Waals surface area contributed by atoms with Crippen LogP contribution in [0.4, 0.5) is 10.5 Å². The van der Waals surface area contributed by atoms with E-state index in [2.05, 4.69) is 10.6 Å². The number of anilines is 1. The average Bonchev–Trinajstić information content (AvgIpc) is 3.19. The van der Waals surface area contributed by atoms with Crippen LogP contribution in [0, 0.1) is 0 Å². The van der Waals surface area contributed by atoms with E-state index >= 15 is 0 Å². The summed E-state index contributed by atoms with van der Waals surface area (Å²) >= 11 is 0. The summed E-state index contributed by atoms with van der Waals surface area (Å²) in [4.78, 5) is 12.0. The van der Waals surface area contributed by atoms with Gasteiger partial charge in [0.05, 0.1) is 7.11 Å². The van der Waals surface area contributed by atoms with Crippen molar-refractivity contribution >= 4 is 11.8 Å². The summed E-state index contributed by atoms with van der Waals surface area (Å²) < 4.78 is 10.6. The highest BCUT2D eigenvalue weighted by Gasteiger charge is 2.41. The van der Waals surface area contributed by atoms with Gasteiger partial charge in [-0.15, -0.1) is 0 Å². The second-order valence-electron chi connectivity index (χ2n) is 6.86. The number of likely N-dealkylation sites (N-methyl/N-ethyl adjacent to an activating group) is 1. The Hall–Kier alpha value is -1.75. The van der Waals surface area contributed by atoms with Crippen LogP contribution in [0.25, 0.3) is 0 Å². The summed E-state index contributed by atoms with van der Waals surface area (Å²) in [5, 5.41) is 6.22. The lowest BCUT2D eigenvalue weighted by molar-refractivity contribution is 0.0635. The van der Waals surface area contributed by atoms with Gasteiger partial charge in [-0.2, -0.15) is 0 Å². The van der Waals surface area contributed by atoms with Crippen molar-refractivity contribution < 1.29 is 14.3 Å². The minimum absolute atomic E-state index is 0.150. The Labute approximate surface area is 132 Å². The molecule has 1 fully saturated rings. The van der Waals surface area contributed by atoms with Crippen LogP contribution in [-0.4, -0.2) is 31.4 Å². The van der Waals surface area contributed by atoms with Crippen LogP contribution >= 0.6 is 0 Å². The molecule has 5 nitrogen and oxygen atoms in total. The first-order valence-electron chi connectivity index (χ1n) is 7.63. The van der Waals surface area contributed by atoms with Crippen molar-refractivity contribution in [3.8, 4) is 5.75 Å². The number of carbonyl (C=O) groups is 1. The van der Waals surface area contributed by atoms with Gasteiger partial charge in [0.2, 0.25) is 0 Å². The Morgan fingerprint density at radius 3 is 2.50 bits per heavy atom. The molecule has 1 aromatic carbocycles. The highest BCUT2D eigenvalue weighted by Crippen LogP contribution is 2.40. The number of hydrogen-bond donors (Lipinski definition) is 2. The van der Waals surface area contributed by atoms with Crippen molar-refractivity contribution in [2.24, 2.45) is 0 Å². The molecule has 5 heteroatoms. The largest absolute Gasteiger partial charge is 0.497 e. The van der Waals surface area contributed by atoms with Crippen molar-refractivity contribution in [3.05, 3.63) is 23.8 Å². The molecule has 1 aliphatic rings. The van der Waals surface area contributed by atoms with Gasteiger partial charge in [-0.25, -0.2) is 4.79 Å². The van der Waals surface area contributed by atoms with Gasteiger partial charge >= 0.3 is 6.09 Å². The average molecular weight is 306 g/mol. The molecular formula is C17H26N2O3. The Morgan fingerprint density at radius 1 is 1.32 bits per heavy atom. The molecule has 0 radical (unpaired) electrons. The highest BCUT2D eigenvalue weighted by molar-refractivity contribution is 5.86. The molecule has 1 aromatic rings. The van der Waals surface area contributed by atoms with Crippen molar-refractivity contribution in [2.75, 3.05) is 19.5 Å². The molecule has 0 unspecified atom stereocenters. The summed E-state index contributed by atoms with van der Waals surface area (Å²) in [6.07, 6.45) is 2.71. The van der Waals surface area contributed by atoms with Crippen molar-refractivity contribution in [1.82, 2.24) is 5.32 Å². The molecule has 0 aliphatic heterocycles. The van der Waals surface area contributed by atoms with Gasteiger partial charge in [-0.3, -0.25) is 5.32 Å². The molecule has 0 heterocycles. The number of hydrogen-bond acceptors (Lipinski definition) is 4. The summed E-state index contributed by atoms with van der Waals surface area (Å²) in [5.41, 5.74) is 1.46. The lowest BCUT2D eigenvalue weighted by Crippen LogP contribution is -2.31. The van der Waals surface area contributed by atoms with Crippen LogP contribution in [-0.2, 0) is 11.2 Å². The summed E-state index contributed by atoms with van der Waals surface area (Å²) in [5.74, 6) is 0.789. The van der Waals surface area contributed by atoms with E-state index in [9.17, 15) is 4.79 Å². The molecule has 1 saturated carbocycles. The molecule has 2 rings (SSSR count). The smallest absolute Gasteiger partial charge is 0.412 e. The molecule has 122 valence electrons. The molecule has 22 heavy (non-hydrogen) atoms. The zero-order chi connectivity index (χ0) is 16.4. The zero-order valence-corrected chi connectivity index (χ0v) is 14.1. The molecule has 1 aliphatic carbocycles.